The van der Waals surface area contributed by atoms with E-state index in [1.54, 1.807) is 4.90 Å². The molecule has 2 aromatic rings. The minimum Gasteiger partial charge on any atom is -0.503 e. The number of aromatic hydroxyl groups is 1. The molecule has 8 nitrogen and oxygen atoms in total. The molecule has 3 N–H and O–H groups in total. The quantitative estimate of drug-likeness (QED) is 0.594. The van der Waals surface area contributed by atoms with Crippen molar-refractivity contribution in [2.75, 3.05) is 20.1 Å². The fraction of sp³-hybridized carbons (Fsp3) is 0.458. The molecule has 1 aromatic heterocycles. The summed E-state index contributed by atoms with van der Waals surface area (Å²) >= 11 is 0. The molecule has 1 aromatic carbocycles. The third-order valence-corrected chi connectivity index (χ3v) is 6.74. The van der Waals surface area contributed by atoms with Crippen molar-refractivity contribution < 1.29 is 23.5 Å². The van der Waals surface area contributed by atoms with E-state index in [0.29, 0.717) is 25.1 Å². The maximum atomic E-state index is 13.8. The summed E-state index contributed by atoms with van der Waals surface area (Å²) in [5.41, 5.74) is -1.39. The van der Waals surface area contributed by atoms with Crippen molar-refractivity contribution in [1.29, 1.82) is 0 Å². The lowest BCUT2D eigenvalue weighted by molar-refractivity contribution is 0.0459. The summed E-state index contributed by atoms with van der Waals surface area (Å²) in [6.07, 6.45) is 5.24. The molecule has 0 radical (unpaired) electrons. The third kappa shape index (κ3) is 4.54. The van der Waals surface area contributed by atoms with Gasteiger partial charge in [-0.3, -0.25) is 14.4 Å². The van der Waals surface area contributed by atoms with Crippen LogP contribution in [-0.2, 0) is 13.1 Å². The van der Waals surface area contributed by atoms with Crippen LogP contribution >= 0.6 is 0 Å². The van der Waals surface area contributed by atoms with E-state index >= 15 is 0 Å². The number of carbonyl (C=O) groups is 2. The second kappa shape index (κ2) is 9.92. The van der Waals surface area contributed by atoms with Crippen molar-refractivity contribution in [1.82, 2.24) is 20.1 Å². The highest BCUT2D eigenvalue weighted by Gasteiger charge is 2.38. The lowest BCUT2D eigenvalue weighted by Crippen LogP contribution is -2.52. The van der Waals surface area contributed by atoms with Crippen LogP contribution in [0.1, 0.15) is 52.1 Å². The van der Waals surface area contributed by atoms with Crippen LogP contribution in [0.4, 0.5) is 8.78 Å². The smallest absolute Gasteiger partial charge is 0.274 e. The van der Waals surface area contributed by atoms with E-state index in [-0.39, 0.29) is 29.4 Å². The van der Waals surface area contributed by atoms with Crippen LogP contribution in [0.15, 0.2) is 29.2 Å². The summed E-state index contributed by atoms with van der Waals surface area (Å²) in [4.78, 5) is 40.5. The molecule has 0 saturated heterocycles. The number of aromatic nitrogens is 1. The Bertz CT molecular complexity index is 1160. The number of halogens is 2. The molecule has 1 saturated carbocycles. The summed E-state index contributed by atoms with van der Waals surface area (Å²) in [5, 5.41) is 16.2. The van der Waals surface area contributed by atoms with Gasteiger partial charge in [0.1, 0.15) is 17.2 Å². The van der Waals surface area contributed by atoms with Gasteiger partial charge in [0.05, 0.1) is 0 Å². The Morgan fingerprint density at radius 3 is 2.68 bits per heavy atom. The Balaban J connectivity index is 1.56. The molecule has 1 aliphatic carbocycles. The molecule has 182 valence electrons. The molecule has 34 heavy (non-hydrogen) atoms. The van der Waals surface area contributed by atoms with E-state index in [4.69, 9.17) is 0 Å². The summed E-state index contributed by atoms with van der Waals surface area (Å²) in [7, 11) is 1.88. The van der Waals surface area contributed by atoms with Crippen LogP contribution in [0.2, 0.25) is 0 Å². The predicted octanol–water partition coefficient (Wildman–Crippen LogP) is 2.00. The van der Waals surface area contributed by atoms with E-state index in [9.17, 15) is 28.3 Å². The molecule has 0 spiro atoms. The van der Waals surface area contributed by atoms with Crippen LogP contribution in [0.3, 0.4) is 0 Å². The SMILES string of the molecule is CNC[C@@H]1CCCC[C@@H]1N1CCn2cc(C(=O)NCc3ccc(F)cc3F)c(=O)c(O)c2C1=O. The van der Waals surface area contributed by atoms with Crippen LogP contribution in [0.25, 0.3) is 0 Å². The summed E-state index contributed by atoms with van der Waals surface area (Å²) < 4.78 is 28.3. The van der Waals surface area contributed by atoms with Crippen molar-refractivity contribution >= 4 is 11.8 Å². The number of hydrogen-bond donors (Lipinski definition) is 3. The van der Waals surface area contributed by atoms with Gasteiger partial charge < -0.3 is 25.2 Å². The molecule has 2 atom stereocenters. The van der Waals surface area contributed by atoms with Gasteiger partial charge in [-0.1, -0.05) is 18.9 Å². The van der Waals surface area contributed by atoms with Gasteiger partial charge in [0.25, 0.3) is 11.8 Å². The normalized spacial score (nSPS) is 20.2. The Morgan fingerprint density at radius 2 is 1.94 bits per heavy atom. The first kappa shape index (κ1) is 23.9. The fourth-order valence-electron chi connectivity index (χ4n) is 5.02. The van der Waals surface area contributed by atoms with Crippen molar-refractivity contribution in [2.45, 2.75) is 44.8 Å². The number of rotatable bonds is 6. The minimum absolute atomic E-state index is 0.0190. The summed E-state index contributed by atoms with van der Waals surface area (Å²) in [6, 6.07) is 2.98. The first-order valence-electron chi connectivity index (χ1n) is 11.5. The number of fused-ring (bicyclic) bond motifs is 1. The van der Waals surface area contributed by atoms with Gasteiger partial charge in [-0.2, -0.15) is 0 Å². The Hall–Kier alpha value is -3.27. The van der Waals surface area contributed by atoms with Crippen molar-refractivity contribution in [2.24, 2.45) is 5.92 Å². The Kier molecular flexibility index (Phi) is 6.97. The number of benzene rings is 1. The zero-order valence-corrected chi connectivity index (χ0v) is 18.9. The van der Waals surface area contributed by atoms with E-state index in [0.717, 1.165) is 38.3 Å². The van der Waals surface area contributed by atoms with E-state index in [1.807, 2.05) is 7.05 Å². The third-order valence-electron chi connectivity index (χ3n) is 6.74. The first-order chi connectivity index (χ1) is 16.3. The van der Waals surface area contributed by atoms with Crippen LogP contribution in [0.5, 0.6) is 5.75 Å². The average Bonchev–Trinajstić information content (AvgIpc) is 2.81. The van der Waals surface area contributed by atoms with Crippen molar-refractivity contribution in [3.05, 3.63) is 63.1 Å². The topological polar surface area (TPSA) is 104 Å². The second-order valence-corrected chi connectivity index (χ2v) is 8.85. The Labute approximate surface area is 195 Å². The second-order valence-electron chi connectivity index (χ2n) is 8.85. The van der Waals surface area contributed by atoms with Gasteiger partial charge in [0, 0.05) is 43.5 Å². The van der Waals surface area contributed by atoms with Crippen LogP contribution in [-0.4, -0.2) is 52.6 Å². The molecule has 0 unspecified atom stereocenters. The maximum Gasteiger partial charge on any atom is 0.274 e. The van der Waals surface area contributed by atoms with Gasteiger partial charge in [-0.05, 0) is 38.4 Å². The van der Waals surface area contributed by atoms with Crippen molar-refractivity contribution in [3.63, 3.8) is 0 Å². The van der Waals surface area contributed by atoms with Gasteiger partial charge in [0.2, 0.25) is 5.43 Å². The number of nitrogens with zero attached hydrogens (tertiary/aromatic N) is 2. The summed E-state index contributed by atoms with van der Waals surface area (Å²) in [5.74, 6) is -3.29. The molecule has 4 rings (SSSR count). The maximum absolute atomic E-state index is 13.8. The average molecular weight is 475 g/mol. The van der Waals surface area contributed by atoms with Gasteiger partial charge in [0.15, 0.2) is 11.4 Å². The van der Waals surface area contributed by atoms with E-state index in [1.165, 1.54) is 16.8 Å². The lowest BCUT2D eigenvalue weighted by atomic mass is 9.83. The zero-order chi connectivity index (χ0) is 24.4. The van der Waals surface area contributed by atoms with Gasteiger partial charge >= 0.3 is 0 Å². The molecular formula is C24H28F2N4O4. The zero-order valence-electron chi connectivity index (χ0n) is 18.9. The monoisotopic (exact) mass is 474 g/mol. The molecule has 1 fully saturated rings. The molecule has 2 aliphatic rings. The predicted molar refractivity (Wildman–Crippen MR) is 121 cm³/mol. The highest BCUT2D eigenvalue weighted by molar-refractivity contribution is 5.99. The largest absolute Gasteiger partial charge is 0.503 e. The molecule has 2 heterocycles. The number of nitrogens with one attached hydrogen (secondary N) is 2. The number of carbonyl (C=O) groups excluding carboxylic acids is 2. The summed E-state index contributed by atoms with van der Waals surface area (Å²) in [6.45, 7) is 1.24. The minimum atomic E-state index is -0.964. The van der Waals surface area contributed by atoms with E-state index in [2.05, 4.69) is 10.6 Å². The number of amides is 2. The van der Waals surface area contributed by atoms with Crippen LogP contribution in [0, 0.1) is 17.6 Å². The number of pyridine rings is 1. The first-order valence-corrected chi connectivity index (χ1v) is 11.5. The molecule has 1 aliphatic heterocycles. The lowest BCUT2D eigenvalue weighted by Gasteiger charge is -2.42. The molecular weight excluding hydrogens is 446 g/mol. The number of hydrogen-bond acceptors (Lipinski definition) is 5. The van der Waals surface area contributed by atoms with Crippen LogP contribution < -0.4 is 16.1 Å². The van der Waals surface area contributed by atoms with E-state index < -0.39 is 34.6 Å². The Morgan fingerprint density at radius 1 is 1.18 bits per heavy atom. The van der Waals surface area contributed by atoms with Crippen molar-refractivity contribution in [3.8, 4) is 5.75 Å². The highest BCUT2D eigenvalue weighted by atomic mass is 19.1. The van der Waals surface area contributed by atoms with Gasteiger partial charge in [-0.25, -0.2) is 8.78 Å². The molecule has 10 heteroatoms. The van der Waals surface area contributed by atoms with Gasteiger partial charge in [-0.15, -0.1) is 0 Å². The fourth-order valence-corrected chi connectivity index (χ4v) is 5.02. The molecule has 2 amide bonds. The highest BCUT2D eigenvalue weighted by Crippen LogP contribution is 2.31. The standard InChI is InChI=1S/C24H28F2N4O4/c1-27-11-15-4-2-3-5-19(15)30-9-8-29-13-17(21(31)22(32)20(29)24(30)34)23(33)28-12-14-6-7-16(25)10-18(14)26/h6-7,10,13,15,19,27,32H,2-5,8-9,11-12H2,1H3,(H,28,33)/t15-,19-/m0/s1. The molecule has 0 bridgehead atoms.